The summed E-state index contributed by atoms with van der Waals surface area (Å²) < 4.78 is 55.6. The molecule has 0 rings (SSSR count). The molecule has 0 aliphatic carbocycles. The van der Waals surface area contributed by atoms with Crippen molar-refractivity contribution in [3.63, 3.8) is 0 Å². The van der Waals surface area contributed by atoms with E-state index in [1.165, 1.54) is 0 Å². The van der Waals surface area contributed by atoms with Crippen LogP contribution >= 0.6 is 8.46 Å². The third-order valence-corrected chi connectivity index (χ3v) is 1.26. The Morgan fingerprint density at radius 3 is 1.56 bits per heavy atom. The van der Waals surface area contributed by atoms with Crippen LogP contribution in [0.3, 0.4) is 0 Å². The molecule has 0 aromatic rings. The fraction of sp³-hybridized carbons (Fsp3) is 1.00. The van der Waals surface area contributed by atoms with Gasteiger partial charge in [-0.25, -0.2) is 0 Å². The Hall–Kier alpha value is -0.180. The molecule has 0 aromatic carbocycles. The van der Waals surface area contributed by atoms with Crippen molar-refractivity contribution in [3.05, 3.63) is 0 Å². The molecule has 0 heterocycles. The molecule has 0 atom stereocenters. The Morgan fingerprint density at radius 2 is 1.56 bits per heavy atom. The standard InChI is InChI=1S/C3H3F4OP/c1-2(4,5)3(6,7)9-8/h1H3. The van der Waals surface area contributed by atoms with E-state index in [4.69, 9.17) is 0 Å². The summed E-state index contributed by atoms with van der Waals surface area (Å²) in [4.78, 5) is 0. The first-order valence-corrected chi connectivity index (χ1v) is 2.72. The van der Waals surface area contributed by atoms with Gasteiger partial charge in [0.1, 0.15) is 0 Å². The fourth-order valence-corrected chi connectivity index (χ4v) is 0.240. The summed E-state index contributed by atoms with van der Waals surface area (Å²) in [5.41, 5.74) is -4.44. The minimum Gasteiger partial charge on any atom is -0.268 e. The van der Waals surface area contributed by atoms with E-state index in [1.807, 2.05) is 0 Å². The lowest BCUT2D eigenvalue weighted by Crippen LogP contribution is -2.31. The Morgan fingerprint density at radius 1 is 1.22 bits per heavy atom. The van der Waals surface area contributed by atoms with Crippen molar-refractivity contribution in [2.24, 2.45) is 0 Å². The van der Waals surface area contributed by atoms with E-state index in [0.717, 1.165) is 0 Å². The Kier molecular flexibility index (Phi) is 2.17. The quantitative estimate of drug-likeness (QED) is 0.450. The molecule has 0 bridgehead atoms. The monoisotopic (exact) mass is 162 g/mol. The van der Waals surface area contributed by atoms with Crippen LogP contribution in [0.4, 0.5) is 17.6 Å². The largest absolute Gasteiger partial charge is 0.386 e. The summed E-state index contributed by atoms with van der Waals surface area (Å²) in [5.74, 6) is -4.21. The zero-order valence-electron chi connectivity index (χ0n) is 4.37. The van der Waals surface area contributed by atoms with E-state index in [0.29, 0.717) is 0 Å². The molecule has 0 unspecified atom stereocenters. The second-order valence-corrected chi connectivity index (χ2v) is 2.27. The first-order chi connectivity index (χ1) is 3.81. The van der Waals surface area contributed by atoms with Gasteiger partial charge in [-0.2, -0.15) is 17.6 Å². The zero-order valence-corrected chi connectivity index (χ0v) is 5.26. The summed E-state index contributed by atoms with van der Waals surface area (Å²) in [7, 11) is -1.85. The van der Waals surface area contributed by atoms with Crippen LogP contribution in [0.2, 0.25) is 0 Å². The average molecular weight is 162 g/mol. The van der Waals surface area contributed by atoms with Gasteiger partial charge in [-0.05, 0) is 0 Å². The van der Waals surface area contributed by atoms with E-state index in [9.17, 15) is 22.1 Å². The number of hydrogen-bond donors (Lipinski definition) is 0. The molecule has 0 radical (unpaired) electrons. The SMILES string of the molecule is CC(F)(F)C(F)(F)P=O. The molecule has 54 valence electrons. The number of hydrogen-bond acceptors (Lipinski definition) is 1. The van der Waals surface area contributed by atoms with Crippen LogP contribution in [-0.4, -0.2) is 11.6 Å². The molecule has 0 N–H and O–H groups in total. The van der Waals surface area contributed by atoms with Gasteiger partial charge >= 0.3 is 11.6 Å². The fourth-order valence-electron chi connectivity index (χ4n) is 0.0801. The van der Waals surface area contributed by atoms with Crippen molar-refractivity contribution >= 4 is 8.46 Å². The van der Waals surface area contributed by atoms with E-state index >= 15 is 0 Å². The molecule has 0 aliphatic heterocycles. The molecule has 0 saturated carbocycles. The van der Waals surface area contributed by atoms with Gasteiger partial charge in [-0.1, -0.05) is 0 Å². The van der Waals surface area contributed by atoms with Gasteiger partial charge in [0.2, 0.25) is 8.46 Å². The molecular formula is C3H3F4OP. The lowest BCUT2D eigenvalue weighted by molar-refractivity contribution is -0.141. The Balaban J connectivity index is 4.32. The first kappa shape index (κ1) is 8.82. The second kappa shape index (κ2) is 2.21. The van der Waals surface area contributed by atoms with Gasteiger partial charge in [0.05, 0.1) is 0 Å². The van der Waals surface area contributed by atoms with E-state index < -0.39 is 20.0 Å². The maximum atomic E-state index is 11.6. The highest BCUT2D eigenvalue weighted by molar-refractivity contribution is 7.25. The number of halogens is 4. The maximum Gasteiger partial charge on any atom is 0.386 e. The van der Waals surface area contributed by atoms with E-state index in [-0.39, 0.29) is 6.92 Å². The van der Waals surface area contributed by atoms with Crippen molar-refractivity contribution in [2.45, 2.75) is 18.5 Å². The summed E-state index contributed by atoms with van der Waals surface area (Å²) in [5, 5.41) is 0. The van der Waals surface area contributed by atoms with Crippen molar-refractivity contribution < 1.29 is 22.1 Å². The number of alkyl halides is 4. The van der Waals surface area contributed by atoms with E-state index in [2.05, 4.69) is 0 Å². The molecule has 9 heavy (non-hydrogen) atoms. The highest BCUT2D eigenvalue weighted by Crippen LogP contribution is 2.41. The second-order valence-electron chi connectivity index (χ2n) is 1.52. The summed E-state index contributed by atoms with van der Waals surface area (Å²) in [6, 6.07) is 0. The van der Waals surface area contributed by atoms with Crippen LogP contribution in [0.25, 0.3) is 0 Å². The molecule has 0 spiro atoms. The molecule has 6 heteroatoms. The topological polar surface area (TPSA) is 17.1 Å². The minimum absolute atomic E-state index is 0.0118. The Bertz CT molecular complexity index is 117. The molecule has 1 nitrogen and oxygen atoms in total. The van der Waals surface area contributed by atoms with Gasteiger partial charge in [0, 0.05) is 6.92 Å². The molecule has 0 aromatic heterocycles. The summed E-state index contributed by atoms with van der Waals surface area (Å²) in [6.45, 7) is 0.0118. The zero-order chi connectivity index (χ0) is 7.71. The van der Waals surface area contributed by atoms with Crippen LogP contribution < -0.4 is 0 Å². The van der Waals surface area contributed by atoms with Crippen LogP contribution in [-0.2, 0) is 4.57 Å². The van der Waals surface area contributed by atoms with Crippen LogP contribution in [0.5, 0.6) is 0 Å². The lowest BCUT2D eigenvalue weighted by atomic mass is 10.4. The lowest BCUT2D eigenvalue weighted by Gasteiger charge is -2.14. The third-order valence-electron chi connectivity index (χ3n) is 0.643. The van der Waals surface area contributed by atoms with Gasteiger partial charge in [0.25, 0.3) is 0 Å². The molecule has 0 aliphatic rings. The van der Waals surface area contributed by atoms with Gasteiger partial charge in [-0.15, -0.1) is 0 Å². The molecule has 0 fully saturated rings. The van der Waals surface area contributed by atoms with Gasteiger partial charge in [-0.3, -0.25) is 4.57 Å². The van der Waals surface area contributed by atoms with E-state index in [1.54, 1.807) is 0 Å². The number of rotatable bonds is 2. The summed E-state index contributed by atoms with van der Waals surface area (Å²) in [6.07, 6.45) is 0. The molecule has 0 saturated heterocycles. The molecule has 0 amide bonds. The summed E-state index contributed by atoms with van der Waals surface area (Å²) >= 11 is 0. The van der Waals surface area contributed by atoms with Crippen molar-refractivity contribution in [3.8, 4) is 0 Å². The Labute approximate surface area is 50.3 Å². The van der Waals surface area contributed by atoms with Crippen molar-refractivity contribution in [2.75, 3.05) is 0 Å². The maximum absolute atomic E-state index is 11.6. The smallest absolute Gasteiger partial charge is 0.268 e. The van der Waals surface area contributed by atoms with Gasteiger partial charge in [0.15, 0.2) is 0 Å². The predicted molar refractivity (Wildman–Crippen MR) is 23.2 cm³/mol. The highest BCUT2D eigenvalue weighted by atomic mass is 31.1. The van der Waals surface area contributed by atoms with Crippen molar-refractivity contribution in [1.29, 1.82) is 0 Å². The first-order valence-electron chi connectivity index (χ1n) is 1.91. The van der Waals surface area contributed by atoms with Gasteiger partial charge < -0.3 is 0 Å². The minimum atomic E-state index is -4.44. The average Bonchev–Trinajstić information content (AvgIpc) is 1.64. The molecular weight excluding hydrogens is 159 g/mol. The van der Waals surface area contributed by atoms with Crippen LogP contribution in [0, 0.1) is 0 Å². The predicted octanol–water partition coefficient (Wildman–Crippen LogP) is 2.53. The van der Waals surface area contributed by atoms with Crippen molar-refractivity contribution in [1.82, 2.24) is 0 Å². The van der Waals surface area contributed by atoms with Crippen LogP contribution in [0.15, 0.2) is 0 Å². The van der Waals surface area contributed by atoms with Crippen LogP contribution in [0.1, 0.15) is 6.92 Å². The normalized spacial score (nSPS) is 14.3. The third kappa shape index (κ3) is 1.90. The highest BCUT2D eigenvalue weighted by Gasteiger charge is 2.53.